The number of rotatable bonds is 4. The molecular weight excluding hydrogens is 118 g/mol. The number of nitrogens with zero attached hydrogens (tertiary/aromatic N) is 1. The molecule has 0 saturated heterocycles. The fraction of sp³-hybridized carbons (Fsp3) is 0.833. The van der Waals surface area contributed by atoms with Crippen LogP contribution in [0.5, 0.6) is 0 Å². The summed E-state index contributed by atoms with van der Waals surface area (Å²) in [6, 6.07) is 0. The number of methoxy groups -OCH3 is 1. The molecule has 0 aliphatic rings. The first kappa shape index (κ1) is 8.43. The van der Waals surface area contributed by atoms with Crippen molar-refractivity contribution in [2.75, 3.05) is 13.7 Å². The Morgan fingerprint density at radius 1 is 1.78 bits per heavy atom. The maximum absolute atomic E-state index is 10.2. The Bertz CT molecular complexity index is 85.1. The second kappa shape index (κ2) is 4.32. The van der Waals surface area contributed by atoms with Gasteiger partial charge in [0.25, 0.3) is 0 Å². The van der Waals surface area contributed by atoms with E-state index < -0.39 is 0 Å². The first-order valence-electron chi connectivity index (χ1n) is 3.00. The van der Waals surface area contributed by atoms with Crippen LogP contribution in [-0.4, -0.2) is 31.2 Å². The van der Waals surface area contributed by atoms with Gasteiger partial charge in [-0.1, -0.05) is 0 Å². The van der Waals surface area contributed by atoms with Crippen LogP contribution in [0.2, 0.25) is 0 Å². The van der Waals surface area contributed by atoms with E-state index in [1.54, 1.807) is 12.0 Å². The van der Waals surface area contributed by atoms with E-state index in [-0.39, 0.29) is 6.23 Å². The van der Waals surface area contributed by atoms with E-state index in [2.05, 4.69) is 0 Å². The minimum atomic E-state index is -0.104. The van der Waals surface area contributed by atoms with Crippen LogP contribution in [0.3, 0.4) is 0 Å². The van der Waals surface area contributed by atoms with Crippen LogP contribution in [0.25, 0.3) is 0 Å². The van der Waals surface area contributed by atoms with Gasteiger partial charge in [0.1, 0.15) is 6.23 Å². The molecule has 0 aliphatic carbocycles. The van der Waals surface area contributed by atoms with Crippen LogP contribution in [0, 0.1) is 0 Å². The third-order valence-corrected chi connectivity index (χ3v) is 1.31. The summed E-state index contributed by atoms with van der Waals surface area (Å²) in [6.45, 7) is 4.43. The van der Waals surface area contributed by atoms with Gasteiger partial charge >= 0.3 is 0 Å². The zero-order valence-corrected chi connectivity index (χ0v) is 6.13. The van der Waals surface area contributed by atoms with E-state index in [1.807, 2.05) is 13.8 Å². The average molecular weight is 131 g/mol. The Hall–Kier alpha value is -0.570. The average Bonchev–Trinajstić information content (AvgIpc) is 1.90. The van der Waals surface area contributed by atoms with E-state index in [4.69, 9.17) is 4.74 Å². The van der Waals surface area contributed by atoms with Crippen LogP contribution in [0.15, 0.2) is 0 Å². The van der Waals surface area contributed by atoms with Crippen LogP contribution in [0.1, 0.15) is 13.8 Å². The molecule has 1 amide bonds. The molecule has 0 bridgehead atoms. The Kier molecular flexibility index (Phi) is 4.05. The number of hydrogen-bond donors (Lipinski definition) is 0. The molecule has 9 heavy (non-hydrogen) atoms. The highest BCUT2D eigenvalue weighted by molar-refractivity contribution is 5.47. The lowest BCUT2D eigenvalue weighted by molar-refractivity contribution is -0.128. The summed E-state index contributed by atoms with van der Waals surface area (Å²) < 4.78 is 4.89. The molecule has 0 fully saturated rings. The molecule has 3 nitrogen and oxygen atoms in total. The molecule has 0 radical (unpaired) electrons. The minimum Gasteiger partial charge on any atom is -0.362 e. The summed E-state index contributed by atoms with van der Waals surface area (Å²) in [7, 11) is 1.58. The van der Waals surface area contributed by atoms with Crippen molar-refractivity contribution in [1.82, 2.24) is 4.90 Å². The molecule has 0 aromatic heterocycles. The van der Waals surface area contributed by atoms with Crippen molar-refractivity contribution in [3.05, 3.63) is 0 Å². The molecule has 1 atom stereocenters. The van der Waals surface area contributed by atoms with Gasteiger partial charge in [0.05, 0.1) is 0 Å². The summed E-state index contributed by atoms with van der Waals surface area (Å²) in [5.41, 5.74) is 0. The lowest BCUT2D eigenvalue weighted by Crippen LogP contribution is -2.32. The van der Waals surface area contributed by atoms with Crippen molar-refractivity contribution < 1.29 is 9.53 Å². The van der Waals surface area contributed by atoms with E-state index >= 15 is 0 Å². The molecule has 0 heterocycles. The van der Waals surface area contributed by atoms with E-state index in [0.29, 0.717) is 6.54 Å². The maximum atomic E-state index is 10.2. The highest BCUT2D eigenvalue weighted by atomic mass is 16.5. The van der Waals surface area contributed by atoms with Crippen molar-refractivity contribution in [2.45, 2.75) is 20.1 Å². The molecule has 0 rings (SSSR count). The lowest BCUT2D eigenvalue weighted by Gasteiger charge is -2.21. The van der Waals surface area contributed by atoms with Gasteiger partial charge in [0.2, 0.25) is 6.41 Å². The zero-order chi connectivity index (χ0) is 7.28. The van der Waals surface area contributed by atoms with Crippen molar-refractivity contribution in [3.8, 4) is 0 Å². The number of amides is 1. The minimum absolute atomic E-state index is 0.104. The van der Waals surface area contributed by atoms with Gasteiger partial charge in [-0.2, -0.15) is 0 Å². The first-order valence-corrected chi connectivity index (χ1v) is 3.00. The molecule has 1 unspecified atom stereocenters. The molecular formula is C6H13NO2. The standard InChI is InChI=1S/C6H13NO2/c1-4-7(5-8)6(2)9-3/h5-6H,4H2,1-3H3. The predicted molar refractivity (Wildman–Crippen MR) is 34.9 cm³/mol. The smallest absolute Gasteiger partial charge is 0.211 e. The number of hydrogen-bond acceptors (Lipinski definition) is 2. The summed E-state index contributed by atoms with van der Waals surface area (Å²) in [5.74, 6) is 0. The van der Waals surface area contributed by atoms with Gasteiger partial charge < -0.3 is 9.64 Å². The van der Waals surface area contributed by atoms with Gasteiger partial charge in [0, 0.05) is 13.7 Å². The summed E-state index contributed by atoms with van der Waals surface area (Å²) >= 11 is 0. The number of carbonyl (C=O) groups is 1. The second-order valence-electron chi connectivity index (χ2n) is 1.77. The number of ether oxygens (including phenoxy) is 1. The van der Waals surface area contributed by atoms with Gasteiger partial charge in [-0.15, -0.1) is 0 Å². The first-order chi connectivity index (χ1) is 4.26. The lowest BCUT2D eigenvalue weighted by atomic mass is 10.5. The molecule has 0 spiro atoms. The molecule has 0 aromatic carbocycles. The third kappa shape index (κ3) is 2.46. The Morgan fingerprint density at radius 3 is 2.44 bits per heavy atom. The molecule has 3 heteroatoms. The van der Waals surface area contributed by atoms with Crippen LogP contribution >= 0.6 is 0 Å². The van der Waals surface area contributed by atoms with Crippen LogP contribution in [0.4, 0.5) is 0 Å². The Balaban J connectivity index is 3.63. The Labute approximate surface area is 55.6 Å². The van der Waals surface area contributed by atoms with Gasteiger partial charge in [0.15, 0.2) is 0 Å². The quantitative estimate of drug-likeness (QED) is 0.409. The normalized spacial score (nSPS) is 12.8. The van der Waals surface area contributed by atoms with Crippen LogP contribution in [-0.2, 0) is 9.53 Å². The SMILES string of the molecule is CCN(C=O)C(C)OC. The maximum Gasteiger partial charge on any atom is 0.211 e. The molecule has 0 aliphatic heterocycles. The van der Waals surface area contributed by atoms with E-state index in [1.165, 1.54) is 0 Å². The fourth-order valence-electron chi connectivity index (χ4n) is 0.553. The van der Waals surface area contributed by atoms with Gasteiger partial charge in [-0.3, -0.25) is 4.79 Å². The monoisotopic (exact) mass is 131 g/mol. The summed E-state index contributed by atoms with van der Waals surface area (Å²) in [5, 5.41) is 0. The van der Waals surface area contributed by atoms with Crippen molar-refractivity contribution >= 4 is 6.41 Å². The molecule has 0 saturated carbocycles. The highest BCUT2D eigenvalue weighted by Gasteiger charge is 2.05. The second-order valence-corrected chi connectivity index (χ2v) is 1.77. The highest BCUT2D eigenvalue weighted by Crippen LogP contribution is 1.93. The van der Waals surface area contributed by atoms with Gasteiger partial charge in [-0.25, -0.2) is 0 Å². The van der Waals surface area contributed by atoms with E-state index in [9.17, 15) is 4.79 Å². The van der Waals surface area contributed by atoms with Crippen molar-refractivity contribution in [2.24, 2.45) is 0 Å². The summed E-state index contributed by atoms with van der Waals surface area (Å²) in [4.78, 5) is 11.8. The largest absolute Gasteiger partial charge is 0.362 e. The fourth-order valence-corrected chi connectivity index (χ4v) is 0.553. The van der Waals surface area contributed by atoms with Crippen molar-refractivity contribution in [1.29, 1.82) is 0 Å². The number of carbonyl (C=O) groups excluding carboxylic acids is 1. The zero-order valence-electron chi connectivity index (χ0n) is 6.13. The van der Waals surface area contributed by atoms with Gasteiger partial charge in [-0.05, 0) is 13.8 Å². The molecule has 0 N–H and O–H groups in total. The third-order valence-electron chi connectivity index (χ3n) is 1.31. The Morgan fingerprint density at radius 2 is 2.33 bits per heavy atom. The molecule has 0 aromatic rings. The predicted octanol–water partition coefficient (Wildman–Crippen LogP) is 0.457. The molecule has 54 valence electrons. The summed E-state index contributed by atoms with van der Waals surface area (Å²) in [6.07, 6.45) is 0.682. The topological polar surface area (TPSA) is 29.5 Å². The van der Waals surface area contributed by atoms with E-state index in [0.717, 1.165) is 6.41 Å². The van der Waals surface area contributed by atoms with Crippen molar-refractivity contribution in [3.63, 3.8) is 0 Å². The van der Waals surface area contributed by atoms with Crippen LogP contribution < -0.4 is 0 Å².